The van der Waals surface area contributed by atoms with Crippen molar-refractivity contribution in [3.63, 3.8) is 0 Å². The first-order valence-corrected chi connectivity index (χ1v) is 9.33. The topological polar surface area (TPSA) is 40.8 Å². The van der Waals surface area contributed by atoms with E-state index in [9.17, 15) is 5.26 Å². The molecule has 0 fully saturated rings. The maximum Gasteiger partial charge on any atom is 0.214 e. The summed E-state index contributed by atoms with van der Waals surface area (Å²) in [4.78, 5) is 0. The molecule has 4 aromatic rings. The van der Waals surface area contributed by atoms with Gasteiger partial charge in [-0.15, -0.1) is 0 Å². The number of furan rings is 1. The Morgan fingerprint density at radius 1 is 1.11 bits per heavy atom. The molecule has 2 aromatic carbocycles. The van der Waals surface area contributed by atoms with Crippen LogP contribution >= 0.6 is 0 Å². The predicted molar refractivity (Wildman–Crippen MR) is 108 cm³/mol. The van der Waals surface area contributed by atoms with Gasteiger partial charge in [-0.2, -0.15) is 5.26 Å². The van der Waals surface area contributed by atoms with Gasteiger partial charge in [0.15, 0.2) is 11.8 Å². The molecule has 4 rings (SSSR count). The van der Waals surface area contributed by atoms with E-state index in [-0.39, 0.29) is 0 Å². The lowest BCUT2D eigenvalue weighted by molar-refractivity contribution is -0.660. The van der Waals surface area contributed by atoms with Gasteiger partial charge in [0.2, 0.25) is 5.69 Å². The van der Waals surface area contributed by atoms with Crippen LogP contribution in [0.1, 0.15) is 30.5 Å². The molecule has 0 atom stereocenters. The molecule has 0 radical (unpaired) electrons. The van der Waals surface area contributed by atoms with E-state index >= 15 is 0 Å². The third-order valence-electron chi connectivity index (χ3n) is 5.09. The zero-order valence-corrected chi connectivity index (χ0v) is 16.2. The number of nitrogens with zero attached hydrogens (tertiary/aromatic N) is 2. The van der Waals surface area contributed by atoms with E-state index < -0.39 is 0 Å². The van der Waals surface area contributed by atoms with E-state index in [2.05, 4.69) is 45.0 Å². The first-order chi connectivity index (χ1) is 13.0. The zero-order valence-electron chi connectivity index (χ0n) is 16.2. The van der Waals surface area contributed by atoms with Gasteiger partial charge in [0.25, 0.3) is 0 Å². The first-order valence-electron chi connectivity index (χ1n) is 9.33. The Kier molecular flexibility index (Phi) is 4.20. The number of aryl methyl sites for hydroxylation is 2. The normalized spacial score (nSPS) is 11.4. The van der Waals surface area contributed by atoms with Crippen LogP contribution < -0.4 is 4.57 Å². The second kappa shape index (κ2) is 6.55. The molecule has 0 saturated carbocycles. The number of nitriles is 1. The predicted octanol–water partition coefficient (Wildman–Crippen LogP) is 5.46. The summed E-state index contributed by atoms with van der Waals surface area (Å²) in [5.41, 5.74) is 6.45. The molecule has 3 heteroatoms. The SMILES string of the molecule is Cc1cc2c(oc3ccc(CC(C)C)cc32)c(C#N)c1-c1cccc[n+]1C. The molecule has 0 N–H and O–H groups in total. The highest BCUT2D eigenvalue weighted by atomic mass is 16.3. The van der Waals surface area contributed by atoms with Gasteiger partial charge in [0.1, 0.15) is 24.3 Å². The summed E-state index contributed by atoms with van der Waals surface area (Å²) in [6.07, 6.45) is 3.03. The average Bonchev–Trinajstić information content (AvgIpc) is 2.98. The highest BCUT2D eigenvalue weighted by molar-refractivity contribution is 6.09. The van der Waals surface area contributed by atoms with Crippen molar-refractivity contribution in [1.82, 2.24) is 0 Å². The Labute approximate surface area is 159 Å². The Morgan fingerprint density at radius 2 is 1.93 bits per heavy atom. The van der Waals surface area contributed by atoms with Crippen LogP contribution in [-0.2, 0) is 13.5 Å². The van der Waals surface area contributed by atoms with Crippen LogP contribution in [0.4, 0.5) is 0 Å². The average molecular weight is 355 g/mol. The van der Waals surface area contributed by atoms with E-state index in [1.807, 2.05) is 42.1 Å². The van der Waals surface area contributed by atoms with Gasteiger partial charge >= 0.3 is 0 Å². The Hall–Kier alpha value is -3.12. The monoisotopic (exact) mass is 355 g/mol. The lowest BCUT2D eigenvalue weighted by Crippen LogP contribution is -2.30. The van der Waals surface area contributed by atoms with Crippen molar-refractivity contribution in [3.05, 3.63) is 65.4 Å². The minimum atomic E-state index is 0.599. The summed E-state index contributed by atoms with van der Waals surface area (Å²) in [7, 11) is 2.00. The van der Waals surface area contributed by atoms with Gasteiger partial charge in [-0.05, 0) is 54.7 Å². The maximum absolute atomic E-state index is 9.97. The van der Waals surface area contributed by atoms with Gasteiger partial charge in [-0.25, -0.2) is 4.57 Å². The minimum absolute atomic E-state index is 0.599. The van der Waals surface area contributed by atoms with Gasteiger partial charge in [-0.3, -0.25) is 0 Å². The molecule has 0 saturated heterocycles. The van der Waals surface area contributed by atoms with Crippen LogP contribution in [0.3, 0.4) is 0 Å². The number of aromatic nitrogens is 1. The van der Waals surface area contributed by atoms with Crippen LogP contribution in [0.2, 0.25) is 0 Å². The number of fused-ring (bicyclic) bond motifs is 3. The molecule has 0 unspecified atom stereocenters. The lowest BCUT2D eigenvalue weighted by Gasteiger charge is -2.07. The van der Waals surface area contributed by atoms with Gasteiger partial charge in [0, 0.05) is 22.9 Å². The lowest BCUT2D eigenvalue weighted by atomic mass is 9.95. The van der Waals surface area contributed by atoms with Crippen LogP contribution in [0.5, 0.6) is 0 Å². The van der Waals surface area contributed by atoms with E-state index in [0.29, 0.717) is 17.1 Å². The van der Waals surface area contributed by atoms with Gasteiger partial charge in [0.05, 0.1) is 5.56 Å². The third-order valence-corrected chi connectivity index (χ3v) is 5.09. The summed E-state index contributed by atoms with van der Waals surface area (Å²) in [5, 5.41) is 12.1. The van der Waals surface area contributed by atoms with E-state index in [1.54, 1.807) is 0 Å². The van der Waals surface area contributed by atoms with Gasteiger partial charge < -0.3 is 4.42 Å². The van der Waals surface area contributed by atoms with Crippen molar-refractivity contribution < 1.29 is 8.98 Å². The van der Waals surface area contributed by atoms with Crippen molar-refractivity contribution >= 4 is 21.9 Å². The van der Waals surface area contributed by atoms with E-state index in [4.69, 9.17) is 4.42 Å². The van der Waals surface area contributed by atoms with Crippen molar-refractivity contribution in [2.75, 3.05) is 0 Å². The van der Waals surface area contributed by atoms with Crippen LogP contribution in [0, 0.1) is 24.2 Å². The second-order valence-electron chi connectivity index (χ2n) is 7.66. The van der Waals surface area contributed by atoms with Crippen molar-refractivity contribution in [3.8, 4) is 17.3 Å². The van der Waals surface area contributed by atoms with Crippen molar-refractivity contribution in [2.45, 2.75) is 27.2 Å². The van der Waals surface area contributed by atoms with Crippen LogP contribution in [0.25, 0.3) is 33.2 Å². The molecule has 0 aliphatic rings. The van der Waals surface area contributed by atoms with Crippen molar-refractivity contribution in [2.24, 2.45) is 13.0 Å². The summed E-state index contributed by atoms with van der Waals surface area (Å²) in [6, 6.07) is 17.0. The smallest absolute Gasteiger partial charge is 0.214 e. The fourth-order valence-corrected chi connectivity index (χ4v) is 3.91. The van der Waals surface area contributed by atoms with Crippen LogP contribution in [0.15, 0.2) is 53.1 Å². The molecule has 0 spiro atoms. The molecule has 0 amide bonds. The fraction of sp³-hybridized carbons (Fsp3) is 0.250. The summed E-state index contributed by atoms with van der Waals surface area (Å²) in [5.74, 6) is 0.599. The fourth-order valence-electron chi connectivity index (χ4n) is 3.91. The molecule has 0 bridgehead atoms. The Morgan fingerprint density at radius 3 is 2.63 bits per heavy atom. The molecule has 27 heavy (non-hydrogen) atoms. The number of hydrogen-bond donors (Lipinski definition) is 0. The molecule has 0 aliphatic carbocycles. The number of hydrogen-bond acceptors (Lipinski definition) is 2. The number of benzene rings is 2. The summed E-state index contributed by atoms with van der Waals surface area (Å²) >= 11 is 0. The molecule has 134 valence electrons. The third kappa shape index (κ3) is 2.88. The summed E-state index contributed by atoms with van der Waals surface area (Å²) in [6.45, 7) is 6.52. The van der Waals surface area contributed by atoms with E-state index in [0.717, 1.165) is 39.6 Å². The quantitative estimate of drug-likeness (QED) is 0.458. The molecular formula is C24H23N2O+. The molecule has 2 heterocycles. The van der Waals surface area contributed by atoms with Crippen LogP contribution in [-0.4, -0.2) is 0 Å². The second-order valence-corrected chi connectivity index (χ2v) is 7.66. The minimum Gasteiger partial charge on any atom is -0.455 e. The molecule has 3 nitrogen and oxygen atoms in total. The molecular weight excluding hydrogens is 332 g/mol. The highest BCUT2D eigenvalue weighted by Crippen LogP contribution is 2.37. The van der Waals surface area contributed by atoms with Crippen molar-refractivity contribution in [1.29, 1.82) is 5.26 Å². The Bertz CT molecular complexity index is 1210. The molecule has 2 aromatic heterocycles. The first kappa shape index (κ1) is 17.3. The standard InChI is InChI=1S/C24H23N2O/c1-15(2)11-17-8-9-22-18(13-17)19-12-16(3)23(20(14-25)24(19)27-22)21-7-5-6-10-26(21)4/h5-10,12-13,15H,11H2,1-4H3/q+1. The Balaban J connectivity index is 2.04. The number of pyridine rings is 1. The maximum atomic E-state index is 9.97. The summed E-state index contributed by atoms with van der Waals surface area (Å²) < 4.78 is 8.20. The van der Waals surface area contributed by atoms with Gasteiger partial charge in [-0.1, -0.05) is 19.9 Å². The zero-order chi connectivity index (χ0) is 19.1. The largest absolute Gasteiger partial charge is 0.455 e. The molecule has 0 aliphatic heterocycles. The van der Waals surface area contributed by atoms with E-state index in [1.165, 1.54) is 5.56 Å². The number of rotatable bonds is 3. The highest BCUT2D eigenvalue weighted by Gasteiger charge is 2.22.